The van der Waals surface area contributed by atoms with E-state index in [1.54, 1.807) is 6.92 Å². The van der Waals surface area contributed by atoms with Crippen molar-refractivity contribution >= 4 is 38.3 Å². The third-order valence-electron chi connectivity index (χ3n) is 5.12. The molecule has 1 fully saturated rings. The van der Waals surface area contributed by atoms with Crippen LogP contribution in [0.25, 0.3) is 10.9 Å². The first-order valence-corrected chi connectivity index (χ1v) is 9.73. The van der Waals surface area contributed by atoms with Crippen LogP contribution in [0.1, 0.15) is 38.2 Å². The van der Waals surface area contributed by atoms with Crippen molar-refractivity contribution in [2.24, 2.45) is 0 Å². The molecule has 0 radical (unpaired) electrons. The number of benzene rings is 1. The standard InChI is InChI=1S/C20H26BrN3O/c1-13(25)10-14-12-22-19-9-4-15(21)11-18(19)20(14)23-16-5-7-17(8-6-16)24(2)3/h4,9,11-12,16-17H,5-8,10H2,1-3H3,(H,22,23). The molecule has 0 atom stereocenters. The van der Waals surface area contributed by atoms with E-state index in [0.717, 1.165) is 39.5 Å². The molecule has 0 saturated heterocycles. The smallest absolute Gasteiger partial charge is 0.134 e. The third-order valence-corrected chi connectivity index (χ3v) is 5.62. The Bertz CT molecular complexity index is 767. The summed E-state index contributed by atoms with van der Waals surface area (Å²) in [6.07, 6.45) is 7.00. The average molecular weight is 404 g/mol. The van der Waals surface area contributed by atoms with Gasteiger partial charge in [0.15, 0.2) is 0 Å². The maximum absolute atomic E-state index is 11.7. The van der Waals surface area contributed by atoms with Gasteiger partial charge in [0.2, 0.25) is 0 Å². The Morgan fingerprint density at radius 1 is 1.28 bits per heavy atom. The van der Waals surface area contributed by atoms with Crippen molar-refractivity contribution in [3.05, 3.63) is 34.4 Å². The number of nitrogens with zero attached hydrogens (tertiary/aromatic N) is 2. The zero-order valence-electron chi connectivity index (χ0n) is 15.2. The zero-order chi connectivity index (χ0) is 18.0. The van der Waals surface area contributed by atoms with E-state index in [0.29, 0.717) is 18.5 Å². The molecule has 1 aliphatic rings. The van der Waals surface area contributed by atoms with Crippen LogP contribution < -0.4 is 5.32 Å². The van der Waals surface area contributed by atoms with Crippen molar-refractivity contribution in [1.29, 1.82) is 0 Å². The number of aromatic nitrogens is 1. The largest absolute Gasteiger partial charge is 0.381 e. The molecule has 2 aromatic rings. The van der Waals surface area contributed by atoms with E-state index < -0.39 is 0 Å². The molecule has 5 heteroatoms. The number of Topliss-reactive ketones (excluding diaryl/α,β-unsaturated/α-hetero) is 1. The maximum Gasteiger partial charge on any atom is 0.134 e. The number of pyridine rings is 1. The summed E-state index contributed by atoms with van der Waals surface area (Å²) in [5, 5.41) is 4.84. The van der Waals surface area contributed by atoms with E-state index in [2.05, 4.69) is 51.3 Å². The second kappa shape index (κ2) is 7.83. The predicted molar refractivity (Wildman–Crippen MR) is 107 cm³/mol. The molecule has 1 aromatic heterocycles. The molecule has 3 rings (SSSR count). The van der Waals surface area contributed by atoms with Crippen molar-refractivity contribution < 1.29 is 4.79 Å². The summed E-state index contributed by atoms with van der Waals surface area (Å²) in [7, 11) is 4.33. The Balaban J connectivity index is 1.90. The predicted octanol–water partition coefficient (Wildman–Crippen LogP) is 4.41. The average Bonchev–Trinajstić information content (AvgIpc) is 2.57. The van der Waals surface area contributed by atoms with E-state index in [1.165, 1.54) is 12.8 Å². The van der Waals surface area contributed by atoms with Crippen molar-refractivity contribution in [2.75, 3.05) is 19.4 Å². The number of halogens is 1. The molecule has 0 amide bonds. The van der Waals surface area contributed by atoms with Crippen LogP contribution >= 0.6 is 15.9 Å². The number of anilines is 1. The Kier molecular flexibility index (Phi) is 5.74. The van der Waals surface area contributed by atoms with Gasteiger partial charge in [-0.2, -0.15) is 0 Å². The molecule has 134 valence electrons. The first-order valence-electron chi connectivity index (χ1n) is 8.93. The van der Waals surface area contributed by atoms with Crippen LogP contribution in [0.5, 0.6) is 0 Å². The minimum Gasteiger partial charge on any atom is -0.381 e. The zero-order valence-corrected chi connectivity index (χ0v) is 16.8. The molecule has 0 aliphatic heterocycles. The molecular weight excluding hydrogens is 378 g/mol. The summed E-state index contributed by atoms with van der Waals surface area (Å²) in [6.45, 7) is 1.64. The van der Waals surface area contributed by atoms with Gasteiger partial charge < -0.3 is 10.2 Å². The van der Waals surface area contributed by atoms with E-state index in [9.17, 15) is 4.79 Å². The molecule has 0 unspecified atom stereocenters. The number of hydrogen-bond donors (Lipinski definition) is 1. The quantitative estimate of drug-likeness (QED) is 0.802. The van der Waals surface area contributed by atoms with Crippen molar-refractivity contribution in [3.63, 3.8) is 0 Å². The topological polar surface area (TPSA) is 45.2 Å². The molecule has 25 heavy (non-hydrogen) atoms. The lowest BCUT2D eigenvalue weighted by Crippen LogP contribution is -2.36. The minimum atomic E-state index is 0.163. The number of fused-ring (bicyclic) bond motifs is 1. The van der Waals surface area contributed by atoms with Crippen molar-refractivity contribution in [2.45, 2.75) is 51.1 Å². The van der Waals surface area contributed by atoms with Crippen LogP contribution in [0.3, 0.4) is 0 Å². The van der Waals surface area contributed by atoms with Crippen LogP contribution in [0.4, 0.5) is 5.69 Å². The van der Waals surface area contributed by atoms with Crippen LogP contribution in [0, 0.1) is 0 Å². The monoisotopic (exact) mass is 403 g/mol. The minimum absolute atomic E-state index is 0.163. The second-order valence-corrected chi connectivity index (χ2v) is 8.23. The molecule has 1 aromatic carbocycles. The lowest BCUT2D eigenvalue weighted by Gasteiger charge is -2.34. The molecular formula is C20H26BrN3O. The van der Waals surface area contributed by atoms with Gasteiger partial charge in [0.25, 0.3) is 0 Å². The number of hydrogen-bond acceptors (Lipinski definition) is 4. The van der Waals surface area contributed by atoms with E-state index in [4.69, 9.17) is 0 Å². The van der Waals surface area contributed by atoms with Crippen LogP contribution in [0.15, 0.2) is 28.9 Å². The highest BCUT2D eigenvalue weighted by Gasteiger charge is 2.23. The Morgan fingerprint density at radius 3 is 2.64 bits per heavy atom. The highest BCUT2D eigenvalue weighted by atomic mass is 79.9. The maximum atomic E-state index is 11.7. The summed E-state index contributed by atoms with van der Waals surface area (Å²) in [5.41, 5.74) is 3.03. The Labute approximate surface area is 158 Å². The van der Waals surface area contributed by atoms with Crippen LogP contribution in [-0.4, -0.2) is 41.8 Å². The van der Waals surface area contributed by atoms with E-state index >= 15 is 0 Å². The van der Waals surface area contributed by atoms with Crippen molar-refractivity contribution in [3.8, 4) is 0 Å². The van der Waals surface area contributed by atoms with Gasteiger partial charge >= 0.3 is 0 Å². The van der Waals surface area contributed by atoms with Gasteiger partial charge in [0, 0.05) is 45.8 Å². The van der Waals surface area contributed by atoms with E-state index in [-0.39, 0.29) is 5.78 Å². The van der Waals surface area contributed by atoms with Gasteiger partial charge in [-0.1, -0.05) is 15.9 Å². The number of carbonyl (C=O) groups excluding carboxylic acids is 1. The van der Waals surface area contributed by atoms with Crippen LogP contribution in [-0.2, 0) is 11.2 Å². The Morgan fingerprint density at radius 2 is 2.00 bits per heavy atom. The Hall–Kier alpha value is -1.46. The fourth-order valence-electron chi connectivity index (χ4n) is 3.72. The first kappa shape index (κ1) is 18.3. The fourth-order valence-corrected chi connectivity index (χ4v) is 4.08. The summed E-state index contributed by atoms with van der Waals surface area (Å²) < 4.78 is 1.03. The second-order valence-electron chi connectivity index (χ2n) is 7.31. The SMILES string of the molecule is CC(=O)Cc1cnc2ccc(Br)cc2c1NC1CCC(N(C)C)CC1. The number of rotatable bonds is 5. The summed E-state index contributed by atoms with van der Waals surface area (Å²) in [4.78, 5) is 18.6. The summed E-state index contributed by atoms with van der Waals surface area (Å²) in [6, 6.07) is 7.25. The highest BCUT2D eigenvalue weighted by molar-refractivity contribution is 9.10. The van der Waals surface area contributed by atoms with Gasteiger partial charge in [-0.25, -0.2) is 0 Å². The highest BCUT2D eigenvalue weighted by Crippen LogP contribution is 2.32. The van der Waals surface area contributed by atoms with E-state index in [1.807, 2.05) is 18.3 Å². The normalized spacial score (nSPS) is 20.8. The van der Waals surface area contributed by atoms with Crippen LogP contribution in [0.2, 0.25) is 0 Å². The fraction of sp³-hybridized carbons (Fsp3) is 0.500. The van der Waals surface area contributed by atoms with Gasteiger partial charge in [-0.3, -0.25) is 9.78 Å². The van der Waals surface area contributed by atoms with Gasteiger partial charge in [-0.05, 0) is 64.9 Å². The molecule has 4 nitrogen and oxygen atoms in total. The molecule has 1 aliphatic carbocycles. The lowest BCUT2D eigenvalue weighted by molar-refractivity contribution is -0.116. The van der Waals surface area contributed by atoms with Crippen molar-refractivity contribution in [1.82, 2.24) is 9.88 Å². The summed E-state index contributed by atoms with van der Waals surface area (Å²) >= 11 is 3.56. The first-order chi connectivity index (χ1) is 11.9. The number of ketones is 1. The lowest BCUT2D eigenvalue weighted by atomic mass is 9.90. The number of nitrogens with one attached hydrogen (secondary N) is 1. The number of carbonyl (C=O) groups is 1. The van der Waals surface area contributed by atoms with Gasteiger partial charge in [0.05, 0.1) is 5.52 Å². The molecule has 1 heterocycles. The molecule has 0 bridgehead atoms. The van der Waals surface area contributed by atoms with Gasteiger partial charge in [0.1, 0.15) is 5.78 Å². The molecule has 0 spiro atoms. The summed E-state index contributed by atoms with van der Waals surface area (Å²) in [5.74, 6) is 0.163. The van der Waals surface area contributed by atoms with Gasteiger partial charge in [-0.15, -0.1) is 0 Å². The third kappa shape index (κ3) is 4.39. The molecule has 1 saturated carbocycles. The molecule has 1 N–H and O–H groups in total.